The predicted octanol–water partition coefficient (Wildman–Crippen LogP) is 2.86. The third kappa shape index (κ3) is 3.44. The lowest BCUT2D eigenvalue weighted by Crippen LogP contribution is -2.25. The average molecular weight is 308 g/mol. The van der Waals surface area contributed by atoms with Gasteiger partial charge >= 0.3 is 0 Å². The second kappa shape index (κ2) is 6.86. The van der Waals surface area contributed by atoms with Crippen LogP contribution in [0.25, 0.3) is 10.9 Å². The normalized spacial score (nSPS) is 11.8. The van der Waals surface area contributed by atoms with Crippen molar-refractivity contribution >= 4 is 10.9 Å². The average Bonchev–Trinajstić information content (AvgIpc) is 3.07. The fourth-order valence-corrected chi connectivity index (χ4v) is 2.29. The molecule has 2 aromatic carbocycles. The number of nitriles is 1. The second-order valence-corrected chi connectivity index (χ2v) is 5.08. The third-order valence-electron chi connectivity index (χ3n) is 3.42. The number of hydrogen-bond acceptors (Lipinski definition) is 4. The van der Waals surface area contributed by atoms with E-state index in [1.165, 1.54) is 0 Å². The molecule has 23 heavy (non-hydrogen) atoms. The number of hydrogen-bond donors (Lipinski definition) is 2. The number of nitrogens with zero attached hydrogens (tertiary/aromatic N) is 1. The fourth-order valence-electron chi connectivity index (χ4n) is 2.29. The minimum Gasteiger partial charge on any atom is -0.490 e. The number of ether oxygens (including phenoxy) is 2. The van der Waals surface area contributed by atoms with Gasteiger partial charge in [0.15, 0.2) is 0 Å². The smallest absolute Gasteiger partial charge is 0.137 e. The summed E-state index contributed by atoms with van der Waals surface area (Å²) in [7, 11) is 0. The molecule has 2 N–H and O–H groups in total. The van der Waals surface area contributed by atoms with Gasteiger partial charge in [0.1, 0.15) is 36.9 Å². The number of aromatic nitrogens is 1. The molecule has 3 aromatic rings. The Balaban J connectivity index is 1.57. The largest absolute Gasteiger partial charge is 0.490 e. The van der Waals surface area contributed by atoms with Crippen LogP contribution in [0.1, 0.15) is 5.56 Å². The van der Waals surface area contributed by atoms with Gasteiger partial charge in [-0.3, -0.25) is 0 Å². The van der Waals surface area contributed by atoms with Crippen LogP contribution in [0, 0.1) is 11.3 Å². The molecule has 116 valence electrons. The lowest BCUT2D eigenvalue weighted by Gasteiger charge is -2.14. The minimum absolute atomic E-state index is 0.0573. The maximum atomic E-state index is 10.0. The fraction of sp³-hybridized carbons (Fsp3) is 0.167. The first kappa shape index (κ1) is 14.9. The van der Waals surface area contributed by atoms with E-state index in [-0.39, 0.29) is 13.2 Å². The molecule has 0 aliphatic rings. The summed E-state index contributed by atoms with van der Waals surface area (Å²) >= 11 is 0. The highest BCUT2D eigenvalue weighted by Gasteiger charge is 2.10. The highest BCUT2D eigenvalue weighted by molar-refractivity contribution is 5.85. The first-order valence-corrected chi connectivity index (χ1v) is 7.27. The summed E-state index contributed by atoms with van der Waals surface area (Å²) < 4.78 is 11.2. The van der Waals surface area contributed by atoms with E-state index in [2.05, 4.69) is 11.1 Å². The van der Waals surface area contributed by atoms with Crippen LogP contribution in [0.2, 0.25) is 0 Å². The number of nitrogens with one attached hydrogen (secondary N) is 1. The molecule has 0 aliphatic heterocycles. The van der Waals surface area contributed by atoms with Crippen molar-refractivity contribution in [2.45, 2.75) is 6.10 Å². The van der Waals surface area contributed by atoms with E-state index in [4.69, 9.17) is 14.7 Å². The van der Waals surface area contributed by atoms with E-state index in [9.17, 15) is 5.11 Å². The van der Waals surface area contributed by atoms with Gasteiger partial charge in [-0.25, -0.2) is 0 Å². The molecule has 0 fully saturated rings. The van der Waals surface area contributed by atoms with Crippen molar-refractivity contribution in [1.29, 1.82) is 5.26 Å². The van der Waals surface area contributed by atoms with Crippen LogP contribution in [0.3, 0.4) is 0 Å². The van der Waals surface area contributed by atoms with Crippen molar-refractivity contribution in [1.82, 2.24) is 4.98 Å². The number of aliphatic hydroxyl groups is 1. The van der Waals surface area contributed by atoms with Crippen molar-refractivity contribution in [3.05, 3.63) is 60.3 Å². The van der Waals surface area contributed by atoms with Crippen LogP contribution in [0.15, 0.2) is 54.7 Å². The Morgan fingerprint density at radius 3 is 2.57 bits per heavy atom. The number of rotatable bonds is 6. The van der Waals surface area contributed by atoms with E-state index in [1.54, 1.807) is 24.3 Å². The Hall–Kier alpha value is -2.97. The number of H-pyrrole nitrogens is 1. The van der Waals surface area contributed by atoms with Crippen molar-refractivity contribution in [3.63, 3.8) is 0 Å². The summed E-state index contributed by atoms with van der Waals surface area (Å²) in [4.78, 5) is 3.11. The predicted molar refractivity (Wildman–Crippen MR) is 86.5 cm³/mol. The van der Waals surface area contributed by atoms with Gasteiger partial charge in [0.05, 0.1) is 5.56 Å². The standard InChI is InChI=1S/C18H16N2O3/c19-10-13-4-1-2-6-17(13)22-11-14(21)12-23-18-7-3-5-16-15(18)8-9-20-16/h1-9,14,20-21H,11-12H2. The van der Waals surface area contributed by atoms with E-state index in [0.29, 0.717) is 17.1 Å². The monoisotopic (exact) mass is 308 g/mol. The highest BCUT2D eigenvalue weighted by atomic mass is 16.5. The summed E-state index contributed by atoms with van der Waals surface area (Å²) in [6.45, 7) is 0.167. The molecule has 3 rings (SSSR count). The van der Waals surface area contributed by atoms with Crippen molar-refractivity contribution in [2.24, 2.45) is 0 Å². The Labute approximate surface area is 133 Å². The maximum absolute atomic E-state index is 10.0. The molecule has 0 spiro atoms. The van der Waals surface area contributed by atoms with Gasteiger partial charge < -0.3 is 19.6 Å². The molecular formula is C18H16N2O3. The van der Waals surface area contributed by atoms with E-state index in [0.717, 1.165) is 10.9 Å². The molecule has 0 saturated carbocycles. The first-order valence-electron chi connectivity index (χ1n) is 7.27. The van der Waals surface area contributed by atoms with Gasteiger partial charge in [-0.15, -0.1) is 0 Å². The summed E-state index contributed by atoms with van der Waals surface area (Å²) in [6, 6.07) is 16.6. The summed E-state index contributed by atoms with van der Waals surface area (Å²) in [5.74, 6) is 1.17. The molecule has 1 unspecified atom stereocenters. The molecule has 0 amide bonds. The Morgan fingerprint density at radius 2 is 1.74 bits per heavy atom. The van der Waals surface area contributed by atoms with Gasteiger partial charge in [-0.05, 0) is 30.3 Å². The zero-order valence-electron chi connectivity index (χ0n) is 12.4. The van der Waals surface area contributed by atoms with Gasteiger partial charge in [-0.1, -0.05) is 18.2 Å². The molecular weight excluding hydrogens is 292 g/mol. The number of benzene rings is 2. The van der Waals surface area contributed by atoms with Crippen molar-refractivity contribution in [3.8, 4) is 17.6 Å². The number of para-hydroxylation sites is 1. The SMILES string of the molecule is N#Cc1ccccc1OCC(O)COc1cccc2[nH]ccc12. The Kier molecular flexibility index (Phi) is 4.46. The quantitative estimate of drug-likeness (QED) is 0.734. The van der Waals surface area contributed by atoms with E-state index >= 15 is 0 Å². The lowest BCUT2D eigenvalue weighted by molar-refractivity contribution is 0.0631. The molecule has 0 bridgehead atoms. The maximum Gasteiger partial charge on any atom is 0.137 e. The van der Waals surface area contributed by atoms with Gasteiger partial charge in [-0.2, -0.15) is 5.26 Å². The number of aliphatic hydroxyl groups excluding tert-OH is 1. The molecule has 5 heteroatoms. The molecule has 0 aliphatic carbocycles. The Morgan fingerprint density at radius 1 is 1.00 bits per heavy atom. The molecule has 0 saturated heterocycles. The number of aromatic amines is 1. The van der Waals surface area contributed by atoms with Crippen LogP contribution in [0.4, 0.5) is 0 Å². The topological polar surface area (TPSA) is 78.3 Å². The van der Waals surface area contributed by atoms with Crippen LogP contribution in [0.5, 0.6) is 11.5 Å². The lowest BCUT2D eigenvalue weighted by atomic mass is 10.2. The summed E-state index contributed by atoms with van der Waals surface area (Å²) in [5, 5.41) is 20.0. The molecule has 1 aromatic heterocycles. The molecule has 1 atom stereocenters. The third-order valence-corrected chi connectivity index (χ3v) is 3.42. The van der Waals surface area contributed by atoms with E-state index in [1.807, 2.05) is 30.5 Å². The van der Waals surface area contributed by atoms with Crippen LogP contribution < -0.4 is 9.47 Å². The van der Waals surface area contributed by atoms with Gasteiger partial charge in [0, 0.05) is 17.1 Å². The van der Waals surface area contributed by atoms with Gasteiger partial charge in [0.2, 0.25) is 0 Å². The second-order valence-electron chi connectivity index (χ2n) is 5.08. The summed E-state index contributed by atoms with van der Waals surface area (Å²) in [5.41, 5.74) is 1.42. The van der Waals surface area contributed by atoms with Crippen molar-refractivity contribution < 1.29 is 14.6 Å². The zero-order chi connectivity index (χ0) is 16.1. The first-order chi connectivity index (χ1) is 11.3. The minimum atomic E-state index is -0.795. The van der Waals surface area contributed by atoms with E-state index < -0.39 is 6.10 Å². The Bertz CT molecular complexity index is 835. The molecule has 0 radical (unpaired) electrons. The van der Waals surface area contributed by atoms with Crippen LogP contribution in [-0.4, -0.2) is 29.4 Å². The van der Waals surface area contributed by atoms with Crippen LogP contribution >= 0.6 is 0 Å². The van der Waals surface area contributed by atoms with Crippen molar-refractivity contribution in [2.75, 3.05) is 13.2 Å². The molecule has 1 heterocycles. The van der Waals surface area contributed by atoms with Crippen LogP contribution in [-0.2, 0) is 0 Å². The highest BCUT2D eigenvalue weighted by Crippen LogP contribution is 2.24. The van der Waals surface area contributed by atoms with Gasteiger partial charge in [0.25, 0.3) is 0 Å². The zero-order valence-corrected chi connectivity index (χ0v) is 12.4. The summed E-state index contributed by atoms with van der Waals surface area (Å²) in [6.07, 6.45) is 1.05. The molecule has 5 nitrogen and oxygen atoms in total. The number of fused-ring (bicyclic) bond motifs is 1.